The summed E-state index contributed by atoms with van der Waals surface area (Å²) < 4.78 is 0. The Labute approximate surface area is 159 Å². The summed E-state index contributed by atoms with van der Waals surface area (Å²) in [6.45, 7) is 4.62. The molecule has 3 saturated heterocycles. The zero-order chi connectivity index (χ0) is 18.3. The summed E-state index contributed by atoms with van der Waals surface area (Å²) in [4.78, 5) is 32.4. The third-order valence-electron chi connectivity index (χ3n) is 6.20. The van der Waals surface area contributed by atoms with Gasteiger partial charge >= 0.3 is 0 Å². The summed E-state index contributed by atoms with van der Waals surface area (Å²) in [6, 6.07) is 7.46. The van der Waals surface area contributed by atoms with Gasteiger partial charge in [0.2, 0.25) is 11.8 Å². The second-order valence-electron chi connectivity index (χ2n) is 8.13. The fraction of sp³-hybridized carbons (Fsp3) is 0.600. The lowest BCUT2D eigenvalue weighted by Gasteiger charge is -2.32. The topological polar surface area (TPSA) is 43.9 Å². The maximum absolute atomic E-state index is 13.3. The van der Waals surface area contributed by atoms with Crippen molar-refractivity contribution in [2.45, 2.75) is 19.3 Å². The Bertz CT molecular complexity index is 719. The first-order valence-electron chi connectivity index (χ1n) is 9.48. The molecule has 140 valence electrons. The summed E-state index contributed by atoms with van der Waals surface area (Å²) in [5, 5.41) is 0.649. The average molecular weight is 376 g/mol. The van der Waals surface area contributed by atoms with Crippen LogP contribution in [0, 0.1) is 11.3 Å². The number of amides is 2. The highest BCUT2D eigenvalue weighted by Crippen LogP contribution is 2.44. The van der Waals surface area contributed by atoms with E-state index in [-0.39, 0.29) is 17.7 Å². The highest BCUT2D eigenvalue weighted by atomic mass is 35.5. The fourth-order valence-corrected chi connectivity index (χ4v) is 5.19. The molecule has 0 saturated carbocycles. The van der Waals surface area contributed by atoms with Gasteiger partial charge in [0, 0.05) is 50.2 Å². The molecule has 0 unspecified atom stereocenters. The van der Waals surface area contributed by atoms with E-state index in [1.165, 1.54) is 0 Å². The molecular weight excluding hydrogens is 350 g/mol. The van der Waals surface area contributed by atoms with Crippen LogP contribution in [0.15, 0.2) is 24.3 Å². The molecule has 6 heteroatoms. The smallest absolute Gasteiger partial charge is 0.232 e. The monoisotopic (exact) mass is 375 g/mol. The zero-order valence-corrected chi connectivity index (χ0v) is 16.0. The van der Waals surface area contributed by atoms with E-state index in [2.05, 4.69) is 11.9 Å². The number of fused-ring (bicyclic) bond motifs is 1. The van der Waals surface area contributed by atoms with Crippen LogP contribution in [0.5, 0.6) is 0 Å². The molecular formula is C20H26ClN3O2. The van der Waals surface area contributed by atoms with Gasteiger partial charge in [-0.1, -0.05) is 23.7 Å². The largest absolute Gasteiger partial charge is 0.342 e. The summed E-state index contributed by atoms with van der Waals surface area (Å²) >= 11 is 6.04. The van der Waals surface area contributed by atoms with Gasteiger partial charge in [0.05, 0.1) is 11.8 Å². The van der Waals surface area contributed by atoms with Crippen molar-refractivity contribution in [2.75, 3.05) is 46.3 Å². The Morgan fingerprint density at radius 2 is 1.92 bits per heavy atom. The van der Waals surface area contributed by atoms with E-state index < -0.39 is 5.41 Å². The molecule has 0 aromatic heterocycles. The number of rotatable bonds is 3. The lowest BCUT2D eigenvalue weighted by atomic mass is 9.79. The molecule has 5 nitrogen and oxygen atoms in total. The van der Waals surface area contributed by atoms with Crippen LogP contribution >= 0.6 is 11.6 Å². The Morgan fingerprint density at radius 3 is 2.65 bits per heavy atom. The highest BCUT2D eigenvalue weighted by molar-refractivity contribution is 6.30. The lowest BCUT2D eigenvalue weighted by molar-refractivity contribution is -0.141. The van der Waals surface area contributed by atoms with Crippen molar-refractivity contribution in [1.29, 1.82) is 0 Å². The van der Waals surface area contributed by atoms with E-state index in [4.69, 9.17) is 11.6 Å². The maximum Gasteiger partial charge on any atom is 0.232 e. The molecule has 2 amide bonds. The van der Waals surface area contributed by atoms with Crippen LogP contribution < -0.4 is 0 Å². The van der Waals surface area contributed by atoms with E-state index in [1.54, 1.807) is 0 Å². The Balaban J connectivity index is 1.50. The molecule has 0 radical (unpaired) electrons. The number of benzene rings is 1. The average Bonchev–Trinajstić information content (AvgIpc) is 3.28. The Kier molecular flexibility index (Phi) is 4.70. The van der Waals surface area contributed by atoms with E-state index in [1.807, 2.05) is 34.1 Å². The van der Waals surface area contributed by atoms with Gasteiger partial charge in [0.25, 0.3) is 0 Å². The number of halogens is 1. The minimum Gasteiger partial charge on any atom is -0.342 e. The quantitative estimate of drug-likeness (QED) is 0.810. The van der Waals surface area contributed by atoms with Crippen LogP contribution in [0.2, 0.25) is 5.02 Å². The predicted octanol–water partition coefficient (Wildman–Crippen LogP) is 1.90. The fourth-order valence-electron chi connectivity index (χ4n) is 4.98. The van der Waals surface area contributed by atoms with Crippen LogP contribution in [-0.4, -0.2) is 72.8 Å². The van der Waals surface area contributed by atoms with Gasteiger partial charge in [-0.2, -0.15) is 0 Å². The molecule has 3 aliphatic rings. The maximum atomic E-state index is 13.3. The number of hydrogen-bond donors (Lipinski definition) is 0. The van der Waals surface area contributed by atoms with Crippen molar-refractivity contribution in [3.05, 3.63) is 34.9 Å². The number of likely N-dealkylation sites (tertiary alicyclic amines) is 3. The summed E-state index contributed by atoms with van der Waals surface area (Å²) in [5.74, 6) is 0.601. The summed E-state index contributed by atoms with van der Waals surface area (Å²) in [5.41, 5.74) is 0.514. The van der Waals surface area contributed by atoms with E-state index in [0.29, 0.717) is 24.5 Å². The number of nitrogens with zero attached hydrogens (tertiary/aromatic N) is 3. The number of carbonyl (C=O) groups is 2. The molecule has 2 atom stereocenters. The van der Waals surface area contributed by atoms with Crippen LogP contribution in [0.4, 0.5) is 0 Å². The molecule has 3 fully saturated rings. The van der Waals surface area contributed by atoms with Gasteiger partial charge in [-0.05, 0) is 37.6 Å². The van der Waals surface area contributed by atoms with Gasteiger partial charge in [-0.15, -0.1) is 0 Å². The normalized spacial score (nSPS) is 28.6. The summed E-state index contributed by atoms with van der Waals surface area (Å²) in [7, 11) is 2.08. The third kappa shape index (κ3) is 3.12. The van der Waals surface area contributed by atoms with E-state index >= 15 is 0 Å². The molecule has 3 heterocycles. The van der Waals surface area contributed by atoms with Crippen molar-refractivity contribution < 1.29 is 9.59 Å². The van der Waals surface area contributed by atoms with Crippen LogP contribution in [0.1, 0.15) is 18.4 Å². The van der Waals surface area contributed by atoms with Crippen LogP contribution in [0.25, 0.3) is 0 Å². The van der Waals surface area contributed by atoms with Gasteiger partial charge < -0.3 is 14.7 Å². The number of carbonyl (C=O) groups excluding carboxylic acids is 2. The molecule has 26 heavy (non-hydrogen) atoms. The molecule has 0 bridgehead atoms. The summed E-state index contributed by atoms with van der Waals surface area (Å²) in [6.07, 6.45) is 2.54. The molecule has 1 aromatic rings. The van der Waals surface area contributed by atoms with Gasteiger partial charge in [-0.25, -0.2) is 0 Å². The van der Waals surface area contributed by atoms with Crippen molar-refractivity contribution >= 4 is 23.4 Å². The van der Waals surface area contributed by atoms with Crippen molar-refractivity contribution in [1.82, 2.24) is 14.7 Å². The van der Waals surface area contributed by atoms with Crippen LogP contribution in [0.3, 0.4) is 0 Å². The first-order chi connectivity index (χ1) is 12.5. The molecule has 4 rings (SSSR count). The van der Waals surface area contributed by atoms with Gasteiger partial charge in [-0.3, -0.25) is 9.59 Å². The molecule has 0 aliphatic carbocycles. The van der Waals surface area contributed by atoms with Crippen molar-refractivity contribution in [3.63, 3.8) is 0 Å². The second-order valence-corrected chi connectivity index (χ2v) is 8.57. The highest BCUT2D eigenvalue weighted by Gasteiger charge is 2.58. The Morgan fingerprint density at radius 1 is 1.15 bits per heavy atom. The van der Waals surface area contributed by atoms with Crippen molar-refractivity contribution in [3.8, 4) is 0 Å². The zero-order valence-electron chi connectivity index (χ0n) is 15.3. The minimum atomic E-state index is -0.414. The van der Waals surface area contributed by atoms with E-state index in [0.717, 1.165) is 44.6 Å². The van der Waals surface area contributed by atoms with Gasteiger partial charge in [0.1, 0.15) is 0 Å². The first-order valence-corrected chi connectivity index (χ1v) is 9.86. The molecule has 0 spiro atoms. The standard InChI is InChI=1S/C20H26ClN3O2/c1-22-11-16-12-24(18(25)10-15-5-4-6-17(21)9-15)14-20(16,13-22)19(26)23-7-2-3-8-23/h4-6,9,16H,2-3,7-8,10-14H2,1H3/t16-,20-/m0/s1. The number of hydrogen-bond acceptors (Lipinski definition) is 3. The first kappa shape index (κ1) is 17.8. The van der Waals surface area contributed by atoms with Crippen molar-refractivity contribution in [2.24, 2.45) is 11.3 Å². The molecule has 1 aromatic carbocycles. The molecule has 0 N–H and O–H groups in total. The van der Waals surface area contributed by atoms with Crippen LogP contribution in [-0.2, 0) is 16.0 Å². The van der Waals surface area contributed by atoms with Gasteiger partial charge in [0.15, 0.2) is 0 Å². The lowest BCUT2D eigenvalue weighted by Crippen LogP contribution is -2.49. The Hall–Kier alpha value is -1.59. The predicted molar refractivity (Wildman–Crippen MR) is 101 cm³/mol. The second kappa shape index (κ2) is 6.86. The van der Waals surface area contributed by atoms with E-state index in [9.17, 15) is 9.59 Å². The SMILES string of the molecule is CN1C[C@H]2CN(C(=O)Cc3cccc(Cl)c3)C[C@@]2(C(=O)N2CCCC2)C1. The molecule has 3 aliphatic heterocycles. The third-order valence-corrected chi connectivity index (χ3v) is 6.43. The minimum absolute atomic E-state index is 0.0953.